The molecule has 1 aliphatic carbocycles. The Bertz CT molecular complexity index is 1160. The summed E-state index contributed by atoms with van der Waals surface area (Å²) < 4.78 is 10.9. The fraction of sp³-hybridized carbons (Fsp3) is 0.292. The van der Waals surface area contributed by atoms with Crippen LogP contribution in [0.5, 0.6) is 11.5 Å². The summed E-state index contributed by atoms with van der Waals surface area (Å²) in [6.45, 7) is 0. The highest BCUT2D eigenvalue weighted by atomic mass is 35.5. The lowest BCUT2D eigenvalue weighted by Crippen LogP contribution is -2.40. The predicted molar refractivity (Wildman–Crippen MR) is 119 cm³/mol. The number of allylic oxidation sites excluding steroid dienone is 2. The zero-order valence-corrected chi connectivity index (χ0v) is 18.4. The summed E-state index contributed by atoms with van der Waals surface area (Å²) in [7, 11) is 3.10. The number of hydrogen-bond acceptors (Lipinski definition) is 5. The highest BCUT2D eigenvalue weighted by Gasteiger charge is 2.41. The molecule has 0 spiro atoms. The number of carboxylic acid groups (broad SMARTS) is 1. The highest BCUT2D eigenvalue weighted by molar-refractivity contribution is 6.33. The summed E-state index contributed by atoms with van der Waals surface area (Å²) in [6, 6.07) is 9.75. The number of benzene rings is 2. The maximum atomic E-state index is 13.4. The third-order valence-corrected chi connectivity index (χ3v) is 6.26. The third kappa shape index (κ3) is 3.73. The summed E-state index contributed by atoms with van der Waals surface area (Å²) in [5.74, 6) is -0.739. The molecule has 0 bridgehead atoms. The number of nitrogens with zero attached hydrogens (tertiary/aromatic N) is 1. The Balaban J connectivity index is 1.89. The van der Waals surface area contributed by atoms with Crippen LogP contribution in [0.3, 0.4) is 0 Å². The van der Waals surface area contributed by atoms with Gasteiger partial charge in [0.05, 0.1) is 24.8 Å². The van der Waals surface area contributed by atoms with Gasteiger partial charge in [-0.05, 0) is 49.2 Å². The number of Topliss-reactive ketones (excluding diaryl/α,β-unsaturated/α-hetero) is 1. The van der Waals surface area contributed by atoms with Crippen LogP contribution in [0.25, 0.3) is 0 Å². The number of rotatable bonds is 5. The van der Waals surface area contributed by atoms with Gasteiger partial charge in [-0.3, -0.25) is 14.5 Å². The van der Waals surface area contributed by atoms with Gasteiger partial charge in [-0.15, -0.1) is 0 Å². The van der Waals surface area contributed by atoms with E-state index in [2.05, 4.69) is 0 Å². The van der Waals surface area contributed by atoms with Gasteiger partial charge in [0.15, 0.2) is 5.78 Å². The second-order valence-corrected chi connectivity index (χ2v) is 8.11. The summed E-state index contributed by atoms with van der Waals surface area (Å²) in [5, 5.41) is 9.53. The highest BCUT2D eigenvalue weighted by Crippen LogP contribution is 2.46. The van der Waals surface area contributed by atoms with Crippen molar-refractivity contribution in [2.45, 2.75) is 31.6 Å². The number of carbonyl (C=O) groups is 3. The molecule has 4 rings (SSSR count). The average molecular weight is 456 g/mol. The average Bonchev–Trinajstić information content (AvgIpc) is 2.78. The minimum absolute atomic E-state index is 0.0222. The Morgan fingerprint density at radius 3 is 2.56 bits per heavy atom. The Kier molecular flexibility index (Phi) is 5.93. The topological polar surface area (TPSA) is 93.1 Å². The molecule has 1 amide bonds. The van der Waals surface area contributed by atoms with E-state index < -0.39 is 11.9 Å². The van der Waals surface area contributed by atoms with Crippen molar-refractivity contribution in [1.29, 1.82) is 0 Å². The van der Waals surface area contributed by atoms with Crippen molar-refractivity contribution in [1.82, 2.24) is 0 Å². The number of carbonyl (C=O) groups excluding carboxylic acids is 2. The molecule has 1 N–H and O–H groups in total. The van der Waals surface area contributed by atoms with Gasteiger partial charge in [-0.25, -0.2) is 4.79 Å². The lowest BCUT2D eigenvalue weighted by molar-refractivity contribution is -0.119. The molecule has 1 heterocycles. The van der Waals surface area contributed by atoms with Crippen molar-refractivity contribution in [3.05, 3.63) is 63.8 Å². The van der Waals surface area contributed by atoms with E-state index >= 15 is 0 Å². The van der Waals surface area contributed by atoms with Gasteiger partial charge < -0.3 is 14.6 Å². The molecular formula is C24H22ClNO6. The number of ether oxygens (including phenoxy) is 2. The van der Waals surface area contributed by atoms with Crippen LogP contribution in [0.4, 0.5) is 5.69 Å². The Hall–Kier alpha value is -3.32. The lowest BCUT2D eigenvalue weighted by Gasteiger charge is -2.38. The largest absolute Gasteiger partial charge is 0.497 e. The van der Waals surface area contributed by atoms with Gasteiger partial charge in [0.1, 0.15) is 11.5 Å². The molecule has 0 fully saturated rings. The monoisotopic (exact) mass is 455 g/mol. The molecular weight excluding hydrogens is 434 g/mol. The van der Waals surface area contributed by atoms with Crippen molar-refractivity contribution in [2.75, 3.05) is 19.1 Å². The number of methoxy groups -OCH3 is 2. The predicted octanol–water partition coefficient (Wildman–Crippen LogP) is 4.58. The molecule has 0 saturated heterocycles. The first kappa shape index (κ1) is 21.9. The quantitative estimate of drug-likeness (QED) is 0.709. The summed E-state index contributed by atoms with van der Waals surface area (Å²) >= 11 is 6.02. The van der Waals surface area contributed by atoms with Crippen LogP contribution in [0.1, 0.15) is 47.5 Å². The van der Waals surface area contributed by atoms with Crippen LogP contribution in [0, 0.1) is 0 Å². The number of aromatic carboxylic acids is 1. The van der Waals surface area contributed by atoms with E-state index in [9.17, 15) is 19.5 Å². The molecule has 2 aliphatic rings. The minimum atomic E-state index is -1.19. The second-order valence-electron chi connectivity index (χ2n) is 7.70. The maximum Gasteiger partial charge on any atom is 0.337 e. The van der Waals surface area contributed by atoms with E-state index in [4.69, 9.17) is 21.1 Å². The minimum Gasteiger partial charge on any atom is -0.497 e. The number of halogens is 1. The molecule has 2 aromatic carbocycles. The smallest absolute Gasteiger partial charge is 0.337 e. The number of hydrogen-bond donors (Lipinski definition) is 1. The normalized spacial score (nSPS) is 18.5. The van der Waals surface area contributed by atoms with Crippen LogP contribution in [-0.4, -0.2) is 37.0 Å². The van der Waals surface area contributed by atoms with E-state index in [0.717, 1.165) is 0 Å². The summed E-state index contributed by atoms with van der Waals surface area (Å²) in [5.41, 5.74) is 2.16. The van der Waals surface area contributed by atoms with Gasteiger partial charge in [0.2, 0.25) is 5.91 Å². The number of amides is 1. The SMILES string of the molecule is COc1ccc(OC)c(C2CC(=O)N(c3ccc(Cl)c(C(=O)O)c3)C3=C2C(=O)CCC3)c1. The van der Waals surface area contributed by atoms with Gasteiger partial charge >= 0.3 is 5.97 Å². The van der Waals surface area contributed by atoms with Crippen LogP contribution in [-0.2, 0) is 9.59 Å². The van der Waals surface area contributed by atoms with Gasteiger partial charge in [0, 0.05) is 41.3 Å². The fourth-order valence-corrected chi connectivity index (χ4v) is 4.68. The van der Waals surface area contributed by atoms with Crippen molar-refractivity contribution in [2.24, 2.45) is 0 Å². The van der Waals surface area contributed by atoms with Gasteiger partial charge in [-0.1, -0.05) is 11.6 Å². The first-order valence-electron chi connectivity index (χ1n) is 10.2. The molecule has 7 nitrogen and oxygen atoms in total. The molecule has 0 radical (unpaired) electrons. The Labute approximate surface area is 190 Å². The van der Waals surface area contributed by atoms with Crippen LogP contribution in [0.2, 0.25) is 5.02 Å². The van der Waals surface area contributed by atoms with E-state index in [1.807, 2.05) is 0 Å². The first-order valence-corrected chi connectivity index (χ1v) is 10.6. The summed E-state index contributed by atoms with van der Waals surface area (Å²) in [4.78, 5) is 39.5. The van der Waals surface area contributed by atoms with Crippen LogP contribution >= 0.6 is 11.6 Å². The van der Waals surface area contributed by atoms with Crippen molar-refractivity contribution >= 4 is 34.9 Å². The molecule has 32 heavy (non-hydrogen) atoms. The van der Waals surface area contributed by atoms with Gasteiger partial charge in [0.25, 0.3) is 0 Å². The Morgan fingerprint density at radius 1 is 1.09 bits per heavy atom. The number of carboxylic acids is 1. The molecule has 2 aromatic rings. The zero-order chi connectivity index (χ0) is 23.0. The molecule has 1 aliphatic heterocycles. The molecule has 1 unspecified atom stereocenters. The second kappa shape index (κ2) is 8.67. The summed E-state index contributed by atoms with van der Waals surface area (Å²) in [6.07, 6.45) is 1.58. The van der Waals surface area contributed by atoms with E-state index in [1.54, 1.807) is 38.5 Å². The number of ketones is 1. The van der Waals surface area contributed by atoms with Crippen LogP contribution in [0.15, 0.2) is 47.7 Å². The molecule has 0 saturated carbocycles. The Morgan fingerprint density at radius 2 is 1.88 bits per heavy atom. The van der Waals surface area contributed by atoms with E-state index in [0.29, 0.717) is 53.3 Å². The number of anilines is 1. The third-order valence-electron chi connectivity index (χ3n) is 5.93. The maximum absolute atomic E-state index is 13.4. The van der Waals surface area contributed by atoms with Crippen molar-refractivity contribution in [3.63, 3.8) is 0 Å². The lowest BCUT2D eigenvalue weighted by atomic mass is 9.76. The molecule has 166 valence electrons. The van der Waals surface area contributed by atoms with Crippen molar-refractivity contribution < 1.29 is 29.0 Å². The molecule has 8 heteroatoms. The fourth-order valence-electron chi connectivity index (χ4n) is 4.49. The van der Waals surface area contributed by atoms with Crippen LogP contribution < -0.4 is 14.4 Å². The van der Waals surface area contributed by atoms with Gasteiger partial charge in [-0.2, -0.15) is 0 Å². The van der Waals surface area contributed by atoms with E-state index in [-0.39, 0.29) is 28.7 Å². The van der Waals surface area contributed by atoms with E-state index in [1.165, 1.54) is 17.0 Å². The zero-order valence-electron chi connectivity index (χ0n) is 17.7. The first-order chi connectivity index (χ1) is 15.3. The van der Waals surface area contributed by atoms with Crippen molar-refractivity contribution in [3.8, 4) is 11.5 Å². The molecule has 0 aromatic heterocycles. The standard InChI is InChI=1S/C24H22ClNO6/c1-31-14-7-9-21(32-2)15(11-14)16-12-22(28)26(19-4-3-5-20(27)23(16)19)13-6-8-18(25)17(10-13)24(29)30/h6-11,16H,3-5,12H2,1-2H3,(H,29,30). The molecule has 1 atom stereocenters.